The van der Waals surface area contributed by atoms with Gasteiger partial charge in [-0.15, -0.1) is 5.10 Å². The fourth-order valence-corrected chi connectivity index (χ4v) is 2.76. The molecule has 0 spiro atoms. The van der Waals surface area contributed by atoms with E-state index in [1.807, 2.05) is 30.3 Å². The average Bonchev–Trinajstić information content (AvgIpc) is 3.20. The van der Waals surface area contributed by atoms with Crippen LogP contribution in [0.1, 0.15) is 10.4 Å². The van der Waals surface area contributed by atoms with E-state index >= 15 is 0 Å². The van der Waals surface area contributed by atoms with Crippen LogP contribution in [0.4, 0.5) is 5.69 Å². The molecule has 0 atom stereocenters. The zero-order valence-corrected chi connectivity index (χ0v) is 15.1. The van der Waals surface area contributed by atoms with Crippen molar-refractivity contribution in [2.24, 2.45) is 0 Å². The minimum atomic E-state index is -0.661. The lowest BCUT2D eigenvalue weighted by atomic mass is 10.2. The quantitative estimate of drug-likeness (QED) is 0.327. The first-order valence-electron chi connectivity index (χ1n) is 7.97. The highest BCUT2D eigenvalue weighted by atomic mass is 32.2. The number of amides is 2. The monoisotopic (exact) mass is 398 g/mol. The molecule has 0 saturated heterocycles. The number of nitrogens with zero attached hydrogens (tertiary/aromatic N) is 3. The first-order chi connectivity index (χ1) is 13.5. The summed E-state index contributed by atoms with van der Waals surface area (Å²) < 4.78 is 0. The van der Waals surface area contributed by atoms with E-state index in [0.717, 1.165) is 23.4 Å². The highest BCUT2D eigenvalue weighted by Crippen LogP contribution is 2.18. The largest absolute Gasteiger partial charge is 0.272 e. The van der Waals surface area contributed by atoms with E-state index in [4.69, 9.17) is 0 Å². The second kappa shape index (κ2) is 8.77. The van der Waals surface area contributed by atoms with Gasteiger partial charge in [-0.05, 0) is 6.07 Å². The molecule has 2 amide bonds. The number of aromatic nitrogens is 3. The summed E-state index contributed by atoms with van der Waals surface area (Å²) in [7, 11) is 0. The van der Waals surface area contributed by atoms with Crippen LogP contribution in [-0.2, 0) is 4.79 Å². The second-order valence-corrected chi connectivity index (χ2v) is 6.37. The number of non-ortho nitro benzene ring substituents is 1. The highest BCUT2D eigenvalue weighted by molar-refractivity contribution is 7.99. The summed E-state index contributed by atoms with van der Waals surface area (Å²) in [6.07, 6.45) is 0. The molecule has 11 heteroatoms. The predicted molar refractivity (Wildman–Crippen MR) is 101 cm³/mol. The summed E-state index contributed by atoms with van der Waals surface area (Å²) in [5.41, 5.74) is 5.17. The lowest BCUT2D eigenvalue weighted by Gasteiger charge is -2.06. The first-order valence-corrected chi connectivity index (χ1v) is 8.96. The molecule has 1 heterocycles. The van der Waals surface area contributed by atoms with Gasteiger partial charge in [0.1, 0.15) is 0 Å². The smallest absolute Gasteiger partial charge is 0.270 e. The number of nitro groups is 1. The number of hydrogen-bond acceptors (Lipinski definition) is 7. The third kappa shape index (κ3) is 4.92. The van der Waals surface area contributed by atoms with Crippen molar-refractivity contribution in [2.75, 3.05) is 5.75 Å². The number of hydrazine groups is 1. The van der Waals surface area contributed by atoms with E-state index in [0.29, 0.717) is 11.0 Å². The van der Waals surface area contributed by atoms with Gasteiger partial charge in [0.2, 0.25) is 11.1 Å². The Morgan fingerprint density at radius 3 is 2.64 bits per heavy atom. The van der Waals surface area contributed by atoms with Crippen LogP contribution >= 0.6 is 11.8 Å². The Kier molecular flexibility index (Phi) is 5.97. The first kappa shape index (κ1) is 19.0. The zero-order chi connectivity index (χ0) is 19.9. The number of aromatic amines is 1. The van der Waals surface area contributed by atoms with Gasteiger partial charge in [0.15, 0.2) is 5.82 Å². The van der Waals surface area contributed by atoms with Crippen LogP contribution in [0.2, 0.25) is 0 Å². The predicted octanol–water partition coefficient (Wildman–Crippen LogP) is 1.93. The van der Waals surface area contributed by atoms with Gasteiger partial charge in [-0.3, -0.25) is 35.7 Å². The van der Waals surface area contributed by atoms with Gasteiger partial charge in [0.25, 0.3) is 11.6 Å². The molecular formula is C17H14N6O4S. The van der Waals surface area contributed by atoms with Gasteiger partial charge in [-0.1, -0.05) is 48.2 Å². The van der Waals surface area contributed by atoms with Gasteiger partial charge in [-0.25, -0.2) is 4.98 Å². The Labute approximate surface area is 162 Å². The molecule has 0 aliphatic carbocycles. The number of thioether (sulfide) groups is 1. The van der Waals surface area contributed by atoms with Crippen molar-refractivity contribution in [3.8, 4) is 11.4 Å². The molecule has 0 saturated carbocycles. The van der Waals surface area contributed by atoms with Crippen molar-refractivity contribution in [2.45, 2.75) is 5.16 Å². The van der Waals surface area contributed by atoms with Crippen LogP contribution in [-0.4, -0.2) is 37.7 Å². The number of rotatable bonds is 6. The maximum atomic E-state index is 12.0. The van der Waals surface area contributed by atoms with Crippen molar-refractivity contribution < 1.29 is 14.5 Å². The van der Waals surface area contributed by atoms with Gasteiger partial charge >= 0.3 is 0 Å². The number of H-pyrrole nitrogens is 1. The SMILES string of the molecule is O=C(CSc1n[nH]c(-c2ccccc2)n1)NNC(=O)c1cccc([N+](=O)[O-])c1. The summed E-state index contributed by atoms with van der Waals surface area (Å²) in [6.45, 7) is 0. The van der Waals surface area contributed by atoms with E-state index in [9.17, 15) is 19.7 Å². The fourth-order valence-electron chi connectivity index (χ4n) is 2.16. The van der Waals surface area contributed by atoms with Crippen molar-refractivity contribution in [3.63, 3.8) is 0 Å². The number of hydrogen-bond donors (Lipinski definition) is 3. The van der Waals surface area contributed by atoms with Gasteiger partial charge < -0.3 is 0 Å². The van der Waals surface area contributed by atoms with Crippen molar-refractivity contribution in [1.82, 2.24) is 26.0 Å². The third-order valence-corrected chi connectivity index (χ3v) is 4.33. The molecule has 2 aromatic carbocycles. The van der Waals surface area contributed by atoms with Crippen LogP contribution in [0.3, 0.4) is 0 Å². The van der Waals surface area contributed by atoms with E-state index < -0.39 is 16.7 Å². The molecule has 1 aromatic heterocycles. The molecule has 3 aromatic rings. The normalized spacial score (nSPS) is 10.3. The Bertz CT molecular complexity index is 1010. The summed E-state index contributed by atoms with van der Waals surface area (Å²) in [6, 6.07) is 14.6. The molecule has 142 valence electrons. The Balaban J connectivity index is 1.48. The lowest BCUT2D eigenvalue weighted by Crippen LogP contribution is -2.42. The Hall–Kier alpha value is -3.73. The van der Waals surface area contributed by atoms with Crippen molar-refractivity contribution in [3.05, 3.63) is 70.3 Å². The average molecular weight is 398 g/mol. The third-order valence-electron chi connectivity index (χ3n) is 3.48. The molecular weight excluding hydrogens is 384 g/mol. The second-order valence-electron chi connectivity index (χ2n) is 5.43. The standard InChI is InChI=1S/C17H14N6O4S/c24-14(19-21-16(25)12-7-4-8-13(9-12)23(26)27)10-28-17-18-15(20-22-17)11-5-2-1-3-6-11/h1-9H,10H2,(H,19,24)(H,21,25)(H,18,20,22). The van der Waals surface area contributed by atoms with Crippen LogP contribution in [0.25, 0.3) is 11.4 Å². The summed E-state index contributed by atoms with van der Waals surface area (Å²) in [5.74, 6) is -0.579. The number of nitro benzene ring substituents is 1. The van der Waals surface area contributed by atoms with Crippen LogP contribution in [0, 0.1) is 10.1 Å². The number of carbonyl (C=O) groups is 2. The molecule has 10 nitrogen and oxygen atoms in total. The molecule has 0 aliphatic rings. The summed E-state index contributed by atoms with van der Waals surface area (Å²) >= 11 is 1.09. The van der Waals surface area contributed by atoms with E-state index in [2.05, 4.69) is 26.0 Å². The number of nitrogens with one attached hydrogen (secondary N) is 3. The molecule has 0 radical (unpaired) electrons. The van der Waals surface area contributed by atoms with Crippen LogP contribution in [0.15, 0.2) is 59.8 Å². The minimum Gasteiger partial charge on any atom is -0.272 e. The molecule has 0 fully saturated rings. The van der Waals surface area contributed by atoms with E-state index in [1.54, 1.807) is 0 Å². The van der Waals surface area contributed by atoms with Gasteiger partial charge in [0.05, 0.1) is 10.7 Å². The molecule has 3 N–H and O–H groups in total. The summed E-state index contributed by atoms with van der Waals surface area (Å²) in [4.78, 5) is 38.3. The molecule has 3 rings (SSSR count). The van der Waals surface area contributed by atoms with E-state index in [-0.39, 0.29) is 17.0 Å². The van der Waals surface area contributed by atoms with Crippen LogP contribution in [0.5, 0.6) is 0 Å². The Morgan fingerprint density at radius 2 is 1.89 bits per heavy atom. The zero-order valence-electron chi connectivity index (χ0n) is 14.3. The number of carbonyl (C=O) groups excluding carboxylic acids is 2. The van der Waals surface area contributed by atoms with E-state index in [1.165, 1.54) is 18.2 Å². The van der Waals surface area contributed by atoms with Gasteiger partial charge in [0, 0.05) is 23.3 Å². The molecule has 0 bridgehead atoms. The maximum absolute atomic E-state index is 12.0. The Morgan fingerprint density at radius 1 is 1.11 bits per heavy atom. The fraction of sp³-hybridized carbons (Fsp3) is 0.0588. The maximum Gasteiger partial charge on any atom is 0.270 e. The molecule has 0 unspecified atom stereocenters. The lowest BCUT2D eigenvalue weighted by molar-refractivity contribution is -0.384. The van der Waals surface area contributed by atoms with Crippen molar-refractivity contribution in [1.29, 1.82) is 0 Å². The summed E-state index contributed by atoms with van der Waals surface area (Å²) in [5, 5.41) is 18.0. The highest BCUT2D eigenvalue weighted by Gasteiger charge is 2.13. The molecule has 0 aliphatic heterocycles. The number of benzene rings is 2. The minimum absolute atomic E-state index is 0.0265. The van der Waals surface area contributed by atoms with Crippen molar-refractivity contribution >= 4 is 29.3 Å². The van der Waals surface area contributed by atoms with Gasteiger partial charge in [-0.2, -0.15) is 0 Å². The topological polar surface area (TPSA) is 143 Å². The van der Waals surface area contributed by atoms with Crippen LogP contribution < -0.4 is 10.9 Å². The molecule has 28 heavy (non-hydrogen) atoms.